The third kappa shape index (κ3) is 3.68. The first kappa shape index (κ1) is 14.5. The Labute approximate surface area is 108 Å². The molecule has 0 aromatic heterocycles. The first-order chi connectivity index (χ1) is 7.63. The van der Waals surface area contributed by atoms with E-state index in [4.69, 9.17) is 0 Å². The van der Waals surface area contributed by atoms with E-state index in [1.807, 2.05) is 22.6 Å². The van der Waals surface area contributed by atoms with E-state index in [0.717, 1.165) is 5.56 Å². The first-order valence-corrected chi connectivity index (χ1v) is 5.55. The van der Waals surface area contributed by atoms with Gasteiger partial charge in [0.05, 0.1) is 3.57 Å². The molecule has 7 heteroatoms. The van der Waals surface area contributed by atoms with Crippen LogP contribution < -0.4 is 4.74 Å². The number of alkyl halides is 5. The Hall–Kier alpha value is -0.600. The van der Waals surface area contributed by atoms with Gasteiger partial charge in [0.25, 0.3) is 0 Å². The SMILES string of the molecule is Cc1ccc(OCC(F)(F)C(F)(F)F)c(I)c1. The predicted molar refractivity (Wildman–Crippen MR) is 60.4 cm³/mol. The topological polar surface area (TPSA) is 9.23 Å². The smallest absolute Gasteiger partial charge is 0.456 e. The highest BCUT2D eigenvalue weighted by atomic mass is 127. The zero-order valence-electron chi connectivity index (χ0n) is 8.62. The highest BCUT2D eigenvalue weighted by Crippen LogP contribution is 2.36. The highest BCUT2D eigenvalue weighted by molar-refractivity contribution is 14.1. The Morgan fingerprint density at radius 3 is 2.24 bits per heavy atom. The Balaban J connectivity index is 2.74. The van der Waals surface area contributed by atoms with E-state index in [-0.39, 0.29) is 5.75 Å². The van der Waals surface area contributed by atoms with Crippen LogP contribution >= 0.6 is 22.6 Å². The maximum absolute atomic E-state index is 12.6. The molecule has 0 saturated carbocycles. The molecule has 0 bridgehead atoms. The van der Waals surface area contributed by atoms with E-state index >= 15 is 0 Å². The molecule has 17 heavy (non-hydrogen) atoms. The van der Waals surface area contributed by atoms with Gasteiger partial charge in [0.15, 0.2) is 6.61 Å². The molecule has 0 unspecified atom stereocenters. The molecule has 0 spiro atoms. The zero-order valence-corrected chi connectivity index (χ0v) is 10.8. The molecule has 0 aliphatic rings. The third-order valence-corrected chi connectivity index (χ3v) is 2.75. The lowest BCUT2D eigenvalue weighted by molar-refractivity contribution is -0.290. The number of aryl methyl sites for hydroxylation is 1. The summed E-state index contributed by atoms with van der Waals surface area (Å²) in [4.78, 5) is 0. The van der Waals surface area contributed by atoms with Crippen LogP contribution in [-0.4, -0.2) is 18.7 Å². The number of halogens is 6. The minimum atomic E-state index is -5.59. The molecule has 0 saturated heterocycles. The highest BCUT2D eigenvalue weighted by Gasteiger charge is 2.58. The van der Waals surface area contributed by atoms with Crippen LogP contribution in [0.5, 0.6) is 5.75 Å². The molecule has 0 heterocycles. The normalized spacial score (nSPS) is 12.6. The number of hydrogen-bond acceptors (Lipinski definition) is 1. The predicted octanol–water partition coefficient (Wildman–Crippen LogP) is 4.18. The molecule has 0 atom stereocenters. The molecule has 1 nitrogen and oxygen atoms in total. The number of hydrogen-bond donors (Lipinski definition) is 0. The summed E-state index contributed by atoms with van der Waals surface area (Å²) in [6.07, 6.45) is -5.59. The average molecular weight is 366 g/mol. The van der Waals surface area contributed by atoms with E-state index in [1.54, 1.807) is 19.1 Å². The lowest BCUT2D eigenvalue weighted by Crippen LogP contribution is -2.41. The van der Waals surface area contributed by atoms with Crippen molar-refractivity contribution < 1.29 is 26.7 Å². The van der Waals surface area contributed by atoms with E-state index < -0.39 is 18.7 Å². The minimum Gasteiger partial charge on any atom is -0.486 e. The third-order valence-electron chi connectivity index (χ3n) is 1.91. The van der Waals surface area contributed by atoms with Crippen molar-refractivity contribution in [3.8, 4) is 5.75 Å². The monoisotopic (exact) mass is 366 g/mol. The molecule has 1 aromatic carbocycles. The maximum Gasteiger partial charge on any atom is 0.456 e. The van der Waals surface area contributed by atoms with Gasteiger partial charge >= 0.3 is 12.1 Å². The standard InChI is InChI=1S/C10H8F5IO/c1-6-2-3-8(7(16)4-6)17-5-9(11,12)10(13,14)15/h2-4H,5H2,1H3. The second-order valence-electron chi connectivity index (χ2n) is 3.42. The Morgan fingerprint density at radius 2 is 1.76 bits per heavy atom. The van der Waals surface area contributed by atoms with Crippen LogP contribution in [0.25, 0.3) is 0 Å². The molecule has 0 amide bonds. The van der Waals surface area contributed by atoms with Crippen LogP contribution in [0.4, 0.5) is 22.0 Å². The maximum atomic E-state index is 12.6. The summed E-state index contributed by atoms with van der Waals surface area (Å²) in [6.45, 7) is 0.0613. The van der Waals surface area contributed by atoms with Crippen molar-refractivity contribution in [2.75, 3.05) is 6.61 Å². The van der Waals surface area contributed by atoms with Crippen molar-refractivity contribution in [3.05, 3.63) is 27.3 Å². The molecule has 96 valence electrons. The lowest BCUT2D eigenvalue weighted by atomic mass is 10.2. The summed E-state index contributed by atoms with van der Waals surface area (Å²) in [5, 5.41) is 0. The van der Waals surface area contributed by atoms with Gasteiger partial charge in [-0.1, -0.05) is 6.07 Å². The van der Waals surface area contributed by atoms with Gasteiger partial charge in [-0.15, -0.1) is 0 Å². The number of ether oxygens (including phenoxy) is 1. The van der Waals surface area contributed by atoms with Crippen LogP contribution in [0.1, 0.15) is 5.56 Å². The largest absolute Gasteiger partial charge is 0.486 e. The van der Waals surface area contributed by atoms with E-state index in [1.165, 1.54) is 6.07 Å². The minimum absolute atomic E-state index is 0.0140. The molecular weight excluding hydrogens is 358 g/mol. The molecule has 1 rings (SSSR count). The number of rotatable bonds is 3. The van der Waals surface area contributed by atoms with Crippen molar-refractivity contribution >= 4 is 22.6 Å². The quantitative estimate of drug-likeness (QED) is 0.576. The van der Waals surface area contributed by atoms with Crippen LogP contribution in [-0.2, 0) is 0 Å². The fourth-order valence-electron chi connectivity index (χ4n) is 0.973. The fraction of sp³-hybridized carbons (Fsp3) is 0.400. The zero-order chi connectivity index (χ0) is 13.3. The van der Waals surface area contributed by atoms with E-state index in [2.05, 4.69) is 4.74 Å². The summed E-state index contributed by atoms with van der Waals surface area (Å²) >= 11 is 1.81. The second-order valence-corrected chi connectivity index (χ2v) is 4.59. The Bertz CT molecular complexity index is 402. The van der Waals surface area contributed by atoms with Gasteiger partial charge in [-0.05, 0) is 47.2 Å². The molecule has 0 N–H and O–H groups in total. The molecule has 0 aliphatic heterocycles. The van der Waals surface area contributed by atoms with Crippen molar-refractivity contribution in [2.45, 2.75) is 19.0 Å². The summed E-state index contributed by atoms with van der Waals surface area (Å²) in [5.41, 5.74) is 0.865. The molecule has 0 fully saturated rings. The lowest BCUT2D eigenvalue weighted by Gasteiger charge is -2.20. The average Bonchev–Trinajstić information content (AvgIpc) is 2.14. The van der Waals surface area contributed by atoms with Crippen molar-refractivity contribution in [2.24, 2.45) is 0 Å². The summed E-state index contributed by atoms with van der Waals surface area (Å²) in [6, 6.07) is 4.56. The van der Waals surface area contributed by atoms with Gasteiger partial charge in [0.1, 0.15) is 5.75 Å². The van der Waals surface area contributed by atoms with Crippen LogP contribution in [0.15, 0.2) is 18.2 Å². The van der Waals surface area contributed by atoms with E-state index in [9.17, 15) is 22.0 Å². The van der Waals surface area contributed by atoms with Gasteiger partial charge in [-0.25, -0.2) is 0 Å². The molecule has 0 radical (unpaired) electrons. The van der Waals surface area contributed by atoms with Gasteiger partial charge in [-0.2, -0.15) is 22.0 Å². The Morgan fingerprint density at radius 1 is 1.18 bits per heavy atom. The molecule has 1 aromatic rings. The number of benzene rings is 1. The van der Waals surface area contributed by atoms with Gasteiger partial charge in [0, 0.05) is 0 Å². The Kier molecular flexibility index (Phi) is 4.21. The van der Waals surface area contributed by atoms with Gasteiger partial charge in [0.2, 0.25) is 0 Å². The first-order valence-electron chi connectivity index (χ1n) is 4.47. The fourth-order valence-corrected chi connectivity index (χ4v) is 1.80. The summed E-state index contributed by atoms with van der Waals surface area (Å²) in [5.74, 6) is -4.83. The van der Waals surface area contributed by atoms with Crippen molar-refractivity contribution in [1.29, 1.82) is 0 Å². The van der Waals surface area contributed by atoms with Crippen molar-refractivity contribution in [3.63, 3.8) is 0 Å². The van der Waals surface area contributed by atoms with Gasteiger partial charge in [-0.3, -0.25) is 0 Å². The molecule has 0 aliphatic carbocycles. The van der Waals surface area contributed by atoms with Gasteiger partial charge < -0.3 is 4.74 Å². The van der Waals surface area contributed by atoms with Crippen LogP contribution in [0.3, 0.4) is 0 Å². The van der Waals surface area contributed by atoms with Crippen LogP contribution in [0.2, 0.25) is 0 Å². The molecular formula is C10H8F5IO. The summed E-state index contributed by atoms with van der Waals surface area (Å²) in [7, 11) is 0. The van der Waals surface area contributed by atoms with Crippen LogP contribution in [0, 0.1) is 10.5 Å². The second kappa shape index (κ2) is 4.95. The van der Waals surface area contributed by atoms with E-state index in [0.29, 0.717) is 3.57 Å². The van der Waals surface area contributed by atoms with Crippen molar-refractivity contribution in [1.82, 2.24) is 0 Å². The summed E-state index contributed by atoms with van der Waals surface area (Å²) < 4.78 is 65.7.